The smallest absolute Gasteiger partial charge is 0.243 e. The number of benzene rings is 3. The molecule has 152 valence electrons. The minimum atomic E-state index is -0.220. The fourth-order valence-electron chi connectivity index (χ4n) is 5.07. The average molecular weight is 398 g/mol. The van der Waals surface area contributed by atoms with Crippen LogP contribution < -0.4 is 16.2 Å². The highest BCUT2D eigenvalue weighted by Gasteiger charge is 2.44. The summed E-state index contributed by atoms with van der Waals surface area (Å²) in [7, 11) is 0. The van der Waals surface area contributed by atoms with Crippen molar-refractivity contribution in [3.8, 4) is 11.1 Å². The van der Waals surface area contributed by atoms with Crippen LogP contribution in [0.2, 0.25) is 0 Å². The fraction of sp³-hybridized carbons (Fsp3) is 0.269. The quantitative estimate of drug-likeness (QED) is 0.597. The van der Waals surface area contributed by atoms with E-state index in [2.05, 4.69) is 70.8 Å². The second kappa shape index (κ2) is 8.42. The lowest BCUT2D eigenvalue weighted by Crippen LogP contribution is -2.42. The Bertz CT molecular complexity index is 1010. The van der Waals surface area contributed by atoms with Gasteiger partial charge in [-0.2, -0.15) is 0 Å². The van der Waals surface area contributed by atoms with E-state index in [1.807, 2.05) is 30.3 Å². The van der Waals surface area contributed by atoms with Crippen molar-refractivity contribution in [2.45, 2.75) is 37.3 Å². The molecule has 1 saturated carbocycles. The standard InChI is InChI=1S/C26H27N3O/c30-26(27-20-11-5-2-6-12-20)25-23-17-19(15-16-24(23)28-29-25)22-14-8-7-13-21(22)18-9-3-1-4-10-18/h1-14,19,23-25,28-29H,15-17H2,(H,27,30). The summed E-state index contributed by atoms with van der Waals surface area (Å²) in [5.74, 6) is 0.769. The SMILES string of the molecule is O=C(Nc1ccccc1)C1NNC2CCC(c3ccccc3-c3ccccc3)CC21. The van der Waals surface area contributed by atoms with E-state index >= 15 is 0 Å². The molecule has 0 bridgehead atoms. The molecule has 4 heteroatoms. The third kappa shape index (κ3) is 3.76. The second-order valence-electron chi connectivity index (χ2n) is 8.36. The van der Waals surface area contributed by atoms with Crippen molar-refractivity contribution in [1.82, 2.24) is 10.9 Å². The molecule has 2 fully saturated rings. The molecule has 5 rings (SSSR count). The summed E-state index contributed by atoms with van der Waals surface area (Å²) in [6, 6.07) is 29.2. The zero-order chi connectivity index (χ0) is 20.3. The van der Waals surface area contributed by atoms with E-state index in [-0.39, 0.29) is 17.9 Å². The van der Waals surface area contributed by atoms with Gasteiger partial charge in [0.05, 0.1) is 0 Å². The first-order valence-electron chi connectivity index (χ1n) is 10.8. The average Bonchev–Trinajstić information content (AvgIpc) is 3.24. The molecule has 2 aliphatic rings. The van der Waals surface area contributed by atoms with Crippen molar-refractivity contribution in [1.29, 1.82) is 0 Å². The van der Waals surface area contributed by atoms with E-state index in [0.717, 1.165) is 24.9 Å². The van der Waals surface area contributed by atoms with E-state index in [0.29, 0.717) is 12.0 Å². The topological polar surface area (TPSA) is 53.2 Å². The number of nitrogens with one attached hydrogen (secondary N) is 3. The summed E-state index contributed by atoms with van der Waals surface area (Å²) in [4.78, 5) is 13.0. The molecule has 1 aliphatic carbocycles. The zero-order valence-electron chi connectivity index (χ0n) is 16.9. The first kappa shape index (κ1) is 19.0. The normalized spacial score (nSPS) is 25.5. The van der Waals surface area contributed by atoms with Crippen LogP contribution in [-0.4, -0.2) is 18.0 Å². The number of amides is 1. The van der Waals surface area contributed by atoms with Gasteiger partial charge in [-0.15, -0.1) is 0 Å². The Balaban J connectivity index is 1.36. The van der Waals surface area contributed by atoms with Crippen molar-refractivity contribution in [3.63, 3.8) is 0 Å². The van der Waals surface area contributed by atoms with E-state index in [9.17, 15) is 4.79 Å². The van der Waals surface area contributed by atoms with Crippen molar-refractivity contribution in [3.05, 3.63) is 90.5 Å². The molecule has 1 saturated heterocycles. The molecule has 4 unspecified atom stereocenters. The van der Waals surface area contributed by atoms with Crippen LogP contribution in [0, 0.1) is 5.92 Å². The van der Waals surface area contributed by atoms with E-state index in [4.69, 9.17) is 0 Å². The molecule has 1 aliphatic heterocycles. The first-order valence-corrected chi connectivity index (χ1v) is 10.8. The molecule has 3 N–H and O–H groups in total. The highest BCUT2D eigenvalue weighted by atomic mass is 16.2. The minimum absolute atomic E-state index is 0.0400. The van der Waals surface area contributed by atoms with E-state index < -0.39 is 0 Å². The molecule has 3 aromatic rings. The van der Waals surface area contributed by atoms with Crippen LogP contribution in [0.5, 0.6) is 0 Å². The number of para-hydroxylation sites is 1. The van der Waals surface area contributed by atoms with Crippen molar-refractivity contribution in [2.75, 3.05) is 5.32 Å². The van der Waals surface area contributed by atoms with Gasteiger partial charge in [-0.3, -0.25) is 10.2 Å². The monoisotopic (exact) mass is 397 g/mol. The van der Waals surface area contributed by atoms with Crippen LogP contribution >= 0.6 is 0 Å². The van der Waals surface area contributed by atoms with Gasteiger partial charge < -0.3 is 5.32 Å². The maximum absolute atomic E-state index is 13.0. The van der Waals surface area contributed by atoms with Gasteiger partial charge in [-0.1, -0.05) is 72.8 Å². The minimum Gasteiger partial charge on any atom is -0.325 e. The lowest BCUT2D eigenvalue weighted by Gasteiger charge is -2.34. The largest absolute Gasteiger partial charge is 0.325 e. The van der Waals surface area contributed by atoms with Gasteiger partial charge in [-0.05, 0) is 54.0 Å². The number of carbonyl (C=O) groups is 1. The Hall–Kier alpha value is -2.95. The summed E-state index contributed by atoms with van der Waals surface area (Å²) in [5.41, 5.74) is 11.5. The molecular formula is C26H27N3O. The van der Waals surface area contributed by atoms with Gasteiger partial charge in [0.15, 0.2) is 0 Å². The van der Waals surface area contributed by atoms with Crippen LogP contribution in [0.15, 0.2) is 84.9 Å². The van der Waals surface area contributed by atoms with Crippen molar-refractivity contribution < 1.29 is 4.79 Å². The molecule has 0 radical (unpaired) electrons. The van der Waals surface area contributed by atoms with Gasteiger partial charge in [0.25, 0.3) is 0 Å². The number of hydrazine groups is 1. The number of hydrogen-bond acceptors (Lipinski definition) is 3. The Kier molecular flexibility index (Phi) is 5.35. The van der Waals surface area contributed by atoms with E-state index in [1.54, 1.807) is 0 Å². The maximum atomic E-state index is 13.0. The molecule has 1 heterocycles. The number of rotatable bonds is 4. The van der Waals surface area contributed by atoms with Crippen LogP contribution in [0.4, 0.5) is 5.69 Å². The summed E-state index contributed by atoms with van der Waals surface area (Å²) < 4.78 is 0. The summed E-state index contributed by atoms with van der Waals surface area (Å²) >= 11 is 0. The van der Waals surface area contributed by atoms with Gasteiger partial charge in [0, 0.05) is 17.6 Å². The fourth-order valence-corrected chi connectivity index (χ4v) is 5.07. The molecule has 4 atom stereocenters. The lowest BCUT2D eigenvalue weighted by atomic mass is 9.72. The number of hydrogen-bond donors (Lipinski definition) is 3. The van der Waals surface area contributed by atoms with Crippen LogP contribution in [-0.2, 0) is 4.79 Å². The van der Waals surface area contributed by atoms with Gasteiger partial charge in [0.2, 0.25) is 5.91 Å². The summed E-state index contributed by atoms with van der Waals surface area (Å²) in [6.07, 6.45) is 3.20. The summed E-state index contributed by atoms with van der Waals surface area (Å²) in [5, 5.41) is 3.07. The van der Waals surface area contributed by atoms with Crippen LogP contribution in [0.25, 0.3) is 11.1 Å². The zero-order valence-corrected chi connectivity index (χ0v) is 16.9. The maximum Gasteiger partial charge on any atom is 0.243 e. The molecule has 0 spiro atoms. The van der Waals surface area contributed by atoms with Gasteiger partial charge in [-0.25, -0.2) is 5.43 Å². The Morgan fingerprint density at radius 1 is 0.800 bits per heavy atom. The third-order valence-corrected chi connectivity index (χ3v) is 6.56. The van der Waals surface area contributed by atoms with Crippen LogP contribution in [0.3, 0.4) is 0 Å². The Morgan fingerprint density at radius 2 is 1.50 bits per heavy atom. The third-order valence-electron chi connectivity index (χ3n) is 6.56. The molecule has 4 nitrogen and oxygen atoms in total. The van der Waals surface area contributed by atoms with Crippen molar-refractivity contribution >= 4 is 11.6 Å². The Labute approximate surface area is 177 Å². The Morgan fingerprint density at radius 3 is 2.30 bits per heavy atom. The van der Waals surface area contributed by atoms with Crippen molar-refractivity contribution in [2.24, 2.45) is 5.92 Å². The first-order chi connectivity index (χ1) is 14.8. The molecule has 3 aromatic carbocycles. The number of anilines is 1. The lowest BCUT2D eigenvalue weighted by molar-refractivity contribution is -0.119. The number of fused-ring (bicyclic) bond motifs is 1. The van der Waals surface area contributed by atoms with Gasteiger partial charge >= 0.3 is 0 Å². The van der Waals surface area contributed by atoms with E-state index in [1.165, 1.54) is 16.7 Å². The molecular weight excluding hydrogens is 370 g/mol. The molecule has 0 aromatic heterocycles. The van der Waals surface area contributed by atoms with Gasteiger partial charge in [0.1, 0.15) is 6.04 Å². The molecule has 30 heavy (non-hydrogen) atoms. The highest BCUT2D eigenvalue weighted by molar-refractivity contribution is 5.95. The summed E-state index contributed by atoms with van der Waals surface area (Å²) in [6.45, 7) is 0. The molecule has 1 amide bonds. The highest BCUT2D eigenvalue weighted by Crippen LogP contribution is 2.42. The predicted molar refractivity (Wildman–Crippen MR) is 121 cm³/mol. The second-order valence-corrected chi connectivity index (χ2v) is 8.36. The van der Waals surface area contributed by atoms with Crippen LogP contribution in [0.1, 0.15) is 30.7 Å². The predicted octanol–water partition coefficient (Wildman–Crippen LogP) is 4.72. The number of carbonyl (C=O) groups excluding carboxylic acids is 1.